The molecule has 2 aromatic carbocycles. The van der Waals surface area contributed by atoms with Crippen LogP contribution in [-0.4, -0.2) is 42.8 Å². The Morgan fingerprint density at radius 1 is 1.03 bits per heavy atom. The quantitative estimate of drug-likeness (QED) is 0.566. The Morgan fingerprint density at radius 3 is 2.31 bits per heavy atom. The third-order valence-electron chi connectivity index (χ3n) is 4.05. The van der Waals surface area contributed by atoms with Gasteiger partial charge in [-0.3, -0.25) is 14.4 Å². The molecule has 0 aliphatic carbocycles. The first-order chi connectivity index (χ1) is 13.8. The molecule has 0 bridgehead atoms. The Bertz CT molecular complexity index is 891. The van der Waals surface area contributed by atoms with Crippen LogP contribution in [0.15, 0.2) is 42.5 Å². The second-order valence-electron chi connectivity index (χ2n) is 6.08. The fourth-order valence-electron chi connectivity index (χ4n) is 2.49. The SMILES string of the molecule is CNC(=O)c1ccc(NC(=O)C(CCSC)NC(=O)c2ccc(Cl)cc2Cl)cc1. The maximum Gasteiger partial charge on any atom is 0.253 e. The van der Waals surface area contributed by atoms with E-state index in [2.05, 4.69) is 16.0 Å². The molecule has 9 heteroatoms. The van der Waals surface area contributed by atoms with E-state index in [1.807, 2.05) is 6.26 Å². The summed E-state index contributed by atoms with van der Waals surface area (Å²) in [6.07, 6.45) is 2.37. The fraction of sp³-hybridized carbons (Fsp3) is 0.250. The molecule has 1 unspecified atom stereocenters. The van der Waals surface area contributed by atoms with E-state index in [0.29, 0.717) is 28.4 Å². The highest BCUT2D eigenvalue weighted by atomic mass is 35.5. The van der Waals surface area contributed by atoms with E-state index in [1.165, 1.54) is 12.1 Å². The molecule has 3 N–H and O–H groups in total. The number of carbonyl (C=O) groups is 3. The van der Waals surface area contributed by atoms with Crippen molar-refractivity contribution in [2.24, 2.45) is 0 Å². The molecule has 0 saturated heterocycles. The van der Waals surface area contributed by atoms with Crippen LogP contribution in [0.25, 0.3) is 0 Å². The van der Waals surface area contributed by atoms with Gasteiger partial charge in [-0.15, -0.1) is 0 Å². The Morgan fingerprint density at radius 2 is 1.72 bits per heavy atom. The summed E-state index contributed by atoms with van der Waals surface area (Å²) in [5.41, 5.74) is 1.25. The van der Waals surface area contributed by atoms with E-state index in [4.69, 9.17) is 23.2 Å². The molecule has 2 rings (SSSR count). The number of thioether (sulfide) groups is 1. The van der Waals surface area contributed by atoms with Gasteiger partial charge in [0.15, 0.2) is 0 Å². The van der Waals surface area contributed by atoms with Gasteiger partial charge in [-0.05, 0) is 60.9 Å². The molecule has 2 aromatic rings. The normalized spacial score (nSPS) is 11.4. The zero-order valence-corrected chi connectivity index (χ0v) is 18.3. The van der Waals surface area contributed by atoms with E-state index < -0.39 is 11.9 Å². The molecule has 154 valence electrons. The van der Waals surface area contributed by atoms with Crippen LogP contribution in [0.3, 0.4) is 0 Å². The van der Waals surface area contributed by atoms with Crippen molar-refractivity contribution in [1.82, 2.24) is 10.6 Å². The lowest BCUT2D eigenvalue weighted by molar-refractivity contribution is -0.118. The highest BCUT2D eigenvalue weighted by molar-refractivity contribution is 7.98. The zero-order valence-electron chi connectivity index (χ0n) is 15.9. The summed E-state index contributed by atoms with van der Waals surface area (Å²) in [5.74, 6) is -0.344. The number of amides is 3. The number of hydrogen-bond donors (Lipinski definition) is 3. The molecule has 0 fully saturated rings. The van der Waals surface area contributed by atoms with Crippen LogP contribution in [0, 0.1) is 0 Å². The molecule has 0 aromatic heterocycles. The van der Waals surface area contributed by atoms with Crippen molar-refractivity contribution in [2.45, 2.75) is 12.5 Å². The van der Waals surface area contributed by atoms with Crippen molar-refractivity contribution < 1.29 is 14.4 Å². The van der Waals surface area contributed by atoms with Gasteiger partial charge in [0.1, 0.15) is 6.04 Å². The summed E-state index contributed by atoms with van der Waals surface area (Å²) in [4.78, 5) is 36.9. The molecule has 0 aliphatic rings. The largest absolute Gasteiger partial charge is 0.355 e. The van der Waals surface area contributed by atoms with Crippen molar-refractivity contribution >= 4 is 58.4 Å². The first kappa shape index (κ1) is 23.1. The first-order valence-electron chi connectivity index (χ1n) is 8.73. The third kappa shape index (κ3) is 6.66. The second-order valence-corrected chi connectivity index (χ2v) is 7.91. The maximum absolute atomic E-state index is 12.7. The third-order valence-corrected chi connectivity index (χ3v) is 5.24. The number of rotatable bonds is 8. The number of hydrogen-bond acceptors (Lipinski definition) is 4. The van der Waals surface area contributed by atoms with Crippen LogP contribution in [-0.2, 0) is 4.79 Å². The van der Waals surface area contributed by atoms with Crippen molar-refractivity contribution in [3.63, 3.8) is 0 Å². The molecular formula is C20H21Cl2N3O3S. The molecule has 0 saturated carbocycles. The average molecular weight is 454 g/mol. The van der Waals surface area contributed by atoms with Gasteiger partial charge >= 0.3 is 0 Å². The van der Waals surface area contributed by atoms with Crippen LogP contribution >= 0.6 is 35.0 Å². The van der Waals surface area contributed by atoms with Crippen LogP contribution in [0.2, 0.25) is 10.0 Å². The molecule has 1 atom stereocenters. The molecule has 0 radical (unpaired) electrons. The fourth-order valence-corrected chi connectivity index (χ4v) is 3.46. The van der Waals surface area contributed by atoms with Crippen LogP contribution in [0.4, 0.5) is 5.69 Å². The van der Waals surface area contributed by atoms with Gasteiger partial charge in [0.05, 0.1) is 10.6 Å². The highest BCUT2D eigenvalue weighted by Gasteiger charge is 2.22. The number of anilines is 1. The standard InChI is InChI=1S/C20H21Cl2N3O3S/c1-23-18(26)12-3-6-14(7-4-12)24-20(28)17(9-10-29-2)25-19(27)15-8-5-13(21)11-16(15)22/h3-8,11,17H,9-10H2,1-2H3,(H,23,26)(H,24,28)(H,25,27). The predicted molar refractivity (Wildman–Crippen MR) is 119 cm³/mol. The lowest BCUT2D eigenvalue weighted by atomic mass is 10.1. The van der Waals surface area contributed by atoms with Gasteiger partial charge in [-0.2, -0.15) is 11.8 Å². The van der Waals surface area contributed by atoms with Crippen molar-refractivity contribution in [1.29, 1.82) is 0 Å². The van der Waals surface area contributed by atoms with Gasteiger partial charge < -0.3 is 16.0 Å². The van der Waals surface area contributed by atoms with E-state index in [1.54, 1.807) is 49.1 Å². The lowest BCUT2D eigenvalue weighted by Gasteiger charge is -2.19. The smallest absolute Gasteiger partial charge is 0.253 e. The Balaban J connectivity index is 2.10. The molecule has 0 aliphatic heterocycles. The summed E-state index contributed by atoms with van der Waals surface area (Å²) in [5, 5.41) is 8.66. The molecule has 0 spiro atoms. The van der Waals surface area contributed by atoms with Crippen LogP contribution < -0.4 is 16.0 Å². The van der Waals surface area contributed by atoms with E-state index in [-0.39, 0.29) is 22.4 Å². The zero-order chi connectivity index (χ0) is 21.4. The van der Waals surface area contributed by atoms with Gasteiger partial charge in [0, 0.05) is 23.3 Å². The van der Waals surface area contributed by atoms with Crippen molar-refractivity contribution in [3.05, 3.63) is 63.6 Å². The molecule has 3 amide bonds. The lowest BCUT2D eigenvalue weighted by Crippen LogP contribution is -2.44. The summed E-state index contributed by atoms with van der Waals surface area (Å²) >= 11 is 13.5. The minimum atomic E-state index is -0.750. The average Bonchev–Trinajstić information content (AvgIpc) is 2.70. The van der Waals surface area contributed by atoms with Crippen LogP contribution in [0.1, 0.15) is 27.1 Å². The summed E-state index contributed by atoms with van der Waals surface area (Å²) in [6, 6.07) is 10.3. The van der Waals surface area contributed by atoms with Gasteiger partial charge in [-0.25, -0.2) is 0 Å². The topological polar surface area (TPSA) is 87.3 Å². The summed E-state index contributed by atoms with van der Waals surface area (Å²) in [6.45, 7) is 0. The summed E-state index contributed by atoms with van der Waals surface area (Å²) in [7, 11) is 1.55. The number of benzene rings is 2. The van der Waals surface area contributed by atoms with Crippen molar-refractivity contribution in [3.8, 4) is 0 Å². The number of halogens is 2. The number of nitrogens with one attached hydrogen (secondary N) is 3. The van der Waals surface area contributed by atoms with E-state index in [9.17, 15) is 14.4 Å². The van der Waals surface area contributed by atoms with Gasteiger partial charge in [0.2, 0.25) is 5.91 Å². The minimum Gasteiger partial charge on any atom is -0.355 e. The minimum absolute atomic E-state index is 0.212. The Hall–Kier alpha value is -2.22. The number of carbonyl (C=O) groups excluding carboxylic acids is 3. The van der Waals surface area contributed by atoms with E-state index in [0.717, 1.165) is 0 Å². The Labute approximate surface area is 183 Å². The van der Waals surface area contributed by atoms with E-state index >= 15 is 0 Å². The monoisotopic (exact) mass is 453 g/mol. The Kier molecular flexibility index (Phi) is 8.82. The molecule has 29 heavy (non-hydrogen) atoms. The first-order valence-corrected chi connectivity index (χ1v) is 10.9. The van der Waals surface area contributed by atoms with Crippen molar-refractivity contribution in [2.75, 3.05) is 24.4 Å². The summed E-state index contributed by atoms with van der Waals surface area (Å²) < 4.78 is 0. The predicted octanol–water partition coefficient (Wildman–Crippen LogP) is 3.84. The second kappa shape index (κ2) is 11.1. The molecule has 0 heterocycles. The molecule has 6 nitrogen and oxygen atoms in total. The molecular weight excluding hydrogens is 433 g/mol. The maximum atomic E-state index is 12.7. The van der Waals surface area contributed by atoms with Gasteiger partial charge in [-0.1, -0.05) is 23.2 Å². The highest BCUT2D eigenvalue weighted by Crippen LogP contribution is 2.21. The van der Waals surface area contributed by atoms with Gasteiger partial charge in [0.25, 0.3) is 11.8 Å². The van der Waals surface area contributed by atoms with Crippen LogP contribution in [0.5, 0.6) is 0 Å².